The number of thioether (sulfide) groups is 1. The van der Waals surface area contributed by atoms with Gasteiger partial charge >= 0.3 is 0 Å². The lowest BCUT2D eigenvalue weighted by Crippen LogP contribution is -2.32. The number of ether oxygens (including phenoxy) is 1. The van der Waals surface area contributed by atoms with Gasteiger partial charge in [-0.05, 0) is 30.5 Å². The maximum atomic E-state index is 12.3. The van der Waals surface area contributed by atoms with Crippen molar-refractivity contribution in [2.24, 2.45) is 0 Å². The van der Waals surface area contributed by atoms with Gasteiger partial charge in [-0.15, -0.1) is 21.5 Å². The molecule has 27 heavy (non-hydrogen) atoms. The van der Waals surface area contributed by atoms with Crippen LogP contribution in [0.15, 0.2) is 46.9 Å². The van der Waals surface area contributed by atoms with Crippen LogP contribution in [0.4, 0.5) is 0 Å². The van der Waals surface area contributed by atoms with E-state index in [-0.39, 0.29) is 5.75 Å². The van der Waals surface area contributed by atoms with Gasteiger partial charge in [0.25, 0.3) is 5.91 Å². The second kappa shape index (κ2) is 8.83. The van der Waals surface area contributed by atoms with Crippen molar-refractivity contribution in [2.45, 2.75) is 18.6 Å². The fraction of sp³-hybridized carbons (Fsp3) is 0.222. The van der Waals surface area contributed by atoms with Crippen molar-refractivity contribution in [1.29, 1.82) is 0 Å². The Labute approximate surface area is 164 Å². The number of imide groups is 1. The molecule has 0 radical (unpaired) electrons. The van der Waals surface area contributed by atoms with E-state index in [4.69, 9.17) is 4.74 Å². The normalized spacial score (nSPS) is 10.6. The minimum atomic E-state index is -0.491. The lowest BCUT2D eigenvalue weighted by atomic mass is 10.2. The highest BCUT2D eigenvalue weighted by Gasteiger charge is 2.18. The van der Waals surface area contributed by atoms with Crippen LogP contribution in [0.5, 0.6) is 5.75 Å². The molecule has 0 saturated carbocycles. The van der Waals surface area contributed by atoms with E-state index in [9.17, 15) is 9.59 Å². The molecule has 0 aliphatic heterocycles. The van der Waals surface area contributed by atoms with Crippen molar-refractivity contribution in [3.8, 4) is 16.5 Å². The second-order valence-electron chi connectivity index (χ2n) is 5.39. The molecule has 140 valence electrons. The van der Waals surface area contributed by atoms with Crippen molar-refractivity contribution < 1.29 is 14.3 Å². The average Bonchev–Trinajstić information content (AvgIpc) is 3.35. The van der Waals surface area contributed by atoms with E-state index in [1.165, 1.54) is 18.9 Å². The third-order valence-electron chi connectivity index (χ3n) is 3.71. The predicted molar refractivity (Wildman–Crippen MR) is 105 cm³/mol. The van der Waals surface area contributed by atoms with Gasteiger partial charge < -0.3 is 9.30 Å². The average molecular weight is 403 g/mol. The van der Waals surface area contributed by atoms with E-state index < -0.39 is 11.8 Å². The number of hydrogen-bond donors (Lipinski definition) is 1. The molecule has 0 atom stereocenters. The first-order valence-electron chi connectivity index (χ1n) is 8.21. The summed E-state index contributed by atoms with van der Waals surface area (Å²) in [5.74, 6) is 0.361. The van der Waals surface area contributed by atoms with Crippen LogP contribution in [0.2, 0.25) is 0 Å². The summed E-state index contributed by atoms with van der Waals surface area (Å²) in [5.41, 5.74) is 0.315. The molecule has 9 heteroatoms. The molecule has 2 amide bonds. The molecule has 0 spiro atoms. The highest BCUT2D eigenvalue weighted by atomic mass is 32.2. The number of amides is 2. The van der Waals surface area contributed by atoms with E-state index in [0.717, 1.165) is 10.7 Å². The molecule has 2 aromatic heterocycles. The fourth-order valence-corrected chi connectivity index (χ4v) is 3.98. The van der Waals surface area contributed by atoms with Crippen molar-refractivity contribution >= 4 is 34.9 Å². The SMILES string of the molecule is CCn1c(SCC(=O)NC(=O)c2ccccc2OC)nnc1-c1cccs1. The Bertz CT molecular complexity index is 938. The highest BCUT2D eigenvalue weighted by Crippen LogP contribution is 2.27. The number of rotatable bonds is 7. The van der Waals surface area contributed by atoms with Gasteiger partial charge in [-0.2, -0.15) is 0 Å². The first-order chi connectivity index (χ1) is 13.1. The van der Waals surface area contributed by atoms with E-state index in [0.29, 0.717) is 23.0 Å². The quantitative estimate of drug-likeness (QED) is 0.611. The van der Waals surface area contributed by atoms with Crippen LogP contribution < -0.4 is 10.1 Å². The molecule has 0 aliphatic carbocycles. The van der Waals surface area contributed by atoms with Crippen LogP contribution in [-0.2, 0) is 11.3 Å². The molecule has 7 nitrogen and oxygen atoms in total. The monoisotopic (exact) mass is 402 g/mol. The molecule has 3 rings (SSSR count). The van der Waals surface area contributed by atoms with Crippen LogP contribution in [0.3, 0.4) is 0 Å². The van der Waals surface area contributed by atoms with Crippen molar-refractivity contribution in [3.05, 3.63) is 47.3 Å². The standard InChI is InChI=1S/C18H18N4O3S2/c1-3-22-16(14-9-6-10-26-14)20-21-18(22)27-11-15(23)19-17(24)12-7-4-5-8-13(12)25-2/h4-10H,3,11H2,1-2H3,(H,19,23,24). The number of nitrogens with one attached hydrogen (secondary N) is 1. The largest absolute Gasteiger partial charge is 0.496 e. The summed E-state index contributed by atoms with van der Waals surface area (Å²) in [4.78, 5) is 25.5. The topological polar surface area (TPSA) is 86.1 Å². The zero-order valence-electron chi connectivity index (χ0n) is 14.8. The van der Waals surface area contributed by atoms with Gasteiger partial charge in [-0.1, -0.05) is 30.0 Å². The molecule has 2 heterocycles. The zero-order chi connectivity index (χ0) is 19.2. The minimum Gasteiger partial charge on any atom is -0.496 e. The van der Waals surface area contributed by atoms with Crippen LogP contribution >= 0.6 is 23.1 Å². The Kier molecular flexibility index (Phi) is 6.25. The highest BCUT2D eigenvalue weighted by molar-refractivity contribution is 7.99. The number of benzene rings is 1. The Balaban J connectivity index is 1.63. The van der Waals surface area contributed by atoms with E-state index in [1.807, 2.05) is 29.0 Å². The number of aromatic nitrogens is 3. The number of hydrogen-bond acceptors (Lipinski definition) is 7. The molecule has 1 N–H and O–H groups in total. The van der Waals surface area contributed by atoms with Gasteiger partial charge in [0.15, 0.2) is 11.0 Å². The van der Waals surface area contributed by atoms with Crippen LogP contribution in [0.1, 0.15) is 17.3 Å². The molecule has 0 unspecified atom stereocenters. The van der Waals surface area contributed by atoms with Crippen molar-refractivity contribution in [1.82, 2.24) is 20.1 Å². The molecule has 0 saturated heterocycles. The Hall–Kier alpha value is -2.65. The zero-order valence-corrected chi connectivity index (χ0v) is 16.5. The molecule has 1 aromatic carbocycles. The first-order valence-corrected chi connectivity index (χ1v) is 10.1. The Morgan fingerprint density at radius 2 is 2.04 bits per heavy atom. The maximum absolute atomic E-state index is 12.3. The Morgan fingerprint density at radius 3 is 2.74 bits per heavy atom. The molecule has 0 fully saturated rings. The van der Waals surface area contributed by atoms with Crippen LogP contribution in [0.25, 0.3) is 10.7 Å². The Morgan fingerprint density at radius 1 is 1.22 bits per heavy atom. The fourth-order valence-electron chi connectivity index (χ4n) is 2.46. The summed E-state index contributed by atoms with van der Waals surface area (Å²) in [6, 6.07) is 10.7. The van der Waals surface area contributed by atoms with Crippen LogP contribution in [0, 0.1) is 0 Å². The number of carbonyl (C=O) groups is 2. The maximum Gasteiger partial charge on any atom is 0.261 e. The third kappa shape index (κ3) is 4.37. The van der Waals surface area contributed by atoms with E-state index in [1.54, 1.807) is 35.6 Å². The van der Waals surface area contributed by atoms with Gasteiger partial charge in [-0.3, -0.25) is 14.9 Å². The van der Waals surface area contributed by atoms with Gasteiger partial charge in [0.2, 0.25) is 5.91 Å². The van der Waals surface area contributed by atoms with Crippen molar-refractivity contribution in [2.75, 3.05) is 12.9 Å². The van der Waals surface area contributed by atoms with E-state index in [2.05, 4.69) is 15.5 Å². The van der Waals surface area contributed by atoms with Crippen molar-refractivity contribution in [3.63, 3.8) is 0 Å². The smallest absolute Gasteiger partial charge is 0.261 e. The number of nitrogens with zero attached hydrogens (tertiary/aromatic N) is 3. The lowest BCUT2D eigenvalue weighted by molar-refractivity contribution is -0.117. The van der Waals surface area contributed by atoms with Gasteiger partial charge in [0.1, 0.15) is 5.75 Å². The summed E-state index contributed by atoms with van der Waals surface area (Å²) in [7, 11) is 1.48. The lowest BCUT2D eigenvalue weighted by Gasteiger charge is -2.08. The van der Waals surface area contributed by atoms with E-state index >= 15 is 0 Å². The molecular weight excluding hydrogens is 384 g/mol. The predicted octanol–water partition coefficient (Wildman–Crippen LogP) is 3.08. The number of methoxy groups -OCH3 is 1. The summed E-state index contributed by atoms with van der Waals surface area (Å²) in [6.07, 6.45) is 0. The molecule has 3 aromatic rings. The molecule has 0 aliphatic rings. The number of carbonyl (C=O) groups excluding carboxylic acids is 2. The summed E-state index contributed by atoms with van der Waals surface area (Å²) < 4.78 is 7.10. The van der Waals surface area contributed by atoms with Crippen LogP contribution in [-0.4, -0.2) is 39.4 Å². The van der Waals surface area contributed by atoms with Gasteiger partial charge in [0.05, 0.1) is 23.3 Å². The minimum absolute atomic E-state index is 0.0590. The first kappa shape index (κ1) is 19.1. The number of para-hydroxylation sites is 1. The summed E-state index contributed by atoms with van der Waals surface area (Å²) in [6.45, 7) is 2.68. The third-order valence-corrected chi connectivity index (χ3v) is 5.54. The summed E-state index contributed by atoms with van der Waals surface area (Å²) in [5, 5.41) is 13.4. The second-order valence-corrected chi connectivity index (χ2v) is 7.28. The summed E-state index contributed by atoms with van der Waals surface area (Å²) >= 11 is 2.83. The number of thiophene rings is 1. The van der Waals surface area contributed by atoms with Gasteiger partial charge in [0, 0.05) is 6.54 Å². The molecule has 0 bridgehead atoms. The van der Waals surface area contributed by atoms with Gasteiger partial charge in [-0.25, -0.2) is 0 Å². The molecular formula is C18H18N4O3S2.